The van der Waals surface area contributed by atoms with Crippen LogP contribution in [0.5, 0.6) is 0 Å². The highest BCUT2D eigenvalue weighted by atomic mass is 16.5. The van der Waals surface area contributed by atoms with Crippen LogP contribution in [0, 0.1) is 5.41 Å². The summed E-state index contributed by atoms with van der Waals surface area (Å²) in [5, 5.41) is 11.9. The van der Waals surface area contributed by atoms with Crippen molar-refractivity contribution in [1.29, 1.82) is 0 Å². The molecule has 1 aliphatic heterocycles. The van der Waals surface area contributed by atoms with Gasteiger partial charge in [-0.25, -0.2) is 0 Å². The van der Waals surface area contributed by atoms with E-state index in [1.165, 1.54) is 0 Å². The number of rotatable bonds is 5. The maximum Gasteiger partial charge on any atom is 0.313 e. The molecule has 0 spiro atoms. The van der Waals surface area contributed by atoms with Crippen LogP contribution in [-0.4, -0.2) is 61.8 Å². The Morgan fingerprint density at radius 3 is 2.71 bits per heavy atom. The number of nitrogens with one attached hydrogen (secondary N) is 1. The molecule has 0 radical (unpaired) electrons. The van der Waals surface area contributed by atoms with E-state index in [1.807, 2.05) is 19.0 Å². The van der Waals surface area contributed by atoms with Crippen LogP contribution in [-0.2, 0) is 14.3 Å². The van der Waals surface area contributed by atoms with E-state index in [4.69, 9.17) is 9.84 Å². The van der Waals surface area contributed by atoms with Gasteiger partial charge in [-0.05, 0) is 21.0 Å². The summed E-state index contributed by atoms with van der Waals surface area (Å²) in [6.45, 7) is 2.64. The minimum atomic E-state index is -1.02. The Kier molecular flexibility index (Phi) is 4.47. The first-order valence-corrected chi connectivity index (χ1v) is 5.61. The quantitative estimate of drug-likeness (QED) is 0.684. The SMILES string of the molecule is CN(C)CCC(=O)NC1COCC1(C)C(=O)O. The third-order valence-corrected chi connectivity index (χ3v) is 3.07. The summed E-state index contributed by atoms with van der Waals surface area (Å²) in [5.41, 5.74) is -1.02. The molecule has 17 heavy (non-hydrogen) atoms. The minimum Gasteiger partial charge on any atom is -0.481 e. The van der Waals surface area contributed by atoms with Crippen LogP contribution in [0.2, 0.25) is 0 Å². The summed E-state index contributed by atoms with van der Waals surface area (Å²) in [6.07, 6.45) is 0.360. The van der Waals surface area contributed by atoms with Gasteiger partial charge in [-0.2, -0.15) is 0 Å². The average molecular weight is 244 g/mol. The number of carboxylic acid groups (broad SMARTS) is 1. The van der Waals surface area contributed by atoms with Crippen LogP contribution in [0.15, 0.2) is 0 Å². The Hall–Kier alpha value is -1.14. The Bertz CT molecular complexity index is 306. The molecule has 2 atom stereocenters. The first kappa shape index (κ1) is 13.9. The van der Waals surface area contributed by atoms with Gasteiger partial charge in [-0.3, -0.25) is 9.59 Å². The maximum absolute atomic E-state index is 11.6. The lowest BCUT2D eigenvalue weighted by atomic mass is 9.85. The Morgan fingerprint density at radius 2 is 2.18 bits per heavy atom. The average Bonchev–Trinajstić information content (AvgIpc) is 2.59. The van der Waals surface area contributed by atoms with Gasteiger partial charge in [0.2, 0.25) is 5.91 Å². The summed E-state index contributed by atoms with van der Waals surface area (Å²) < 4.78 is 5.15. The van der Waals surface area contributed by atoms with Gasteiger partial charge in [0.1, 0.15) is 5.41 Å². The molecule has 1 saturated heterocycles. The summed E-state index contributed by atoms with van der Waals surface area (Å²) >= 11 is 0. The Labute approximate surface area is 101 Å². The zero-order chi connectivity index (χ0) is 13.1. The Balaban J connectivity index is 2.50. The highest BCUT2D eigenvalue weighted by Crippen LogP contribution is 2.28. The van der Waals surface area contributed by atoms with Crippen molar-refractivity contribution >= 4 is 11.9 Å². The lowest BCUT2D eigenvalue weighted by Crippen LogP contribution is -2.50. The van der Waals surface area contributed by atoms with Gasteiger partial charge in [-0.1, -0.05) is 0 Å². The van der Waals surface area contributed by atoms with Crippen LogP contribution < -0.4 is 5.32 Å². The van der Waals surface area contributed by atoms with Gasteiger partial charge in [0.05, 0.1) is 19.3 Å². The number of aliphatic carboxylic acids is 1. The van der Waals surface area contributed by atoms with E-state index in [1.54, 1.807) is 6.92 Å². The van der Waals surface area contributed by atoms with Gasteiger partial charge in [-0.15, -0.1) is 0 Å². The fourth-order valence-corrected chi connectivity index (χ4v) is 1.68. The van der Waals surface area contributed by atoms with Crippen molar-refractivity contribution in [2.24, 2.45) is 5.41 Å². The molecule has 2 N–H and O–H groups in total. The molecule has 1 amide bonds. The number of carboxylic acids is 1. The summed E-state index contributed by atoms with van der Waals surface area (Å²) in [7, 11) is 3.76. The van der Waals surface area contributed by atoms with Gasteiger partial charge in [0.25, 0.3) is 0 Å². The van der Waals surface area contributed by atoms with Crippen molar-refractivity contribution < 1.29 is 19.4 Å². The lowest BCUT2D eigenvalue weighted by molar-refractivity contribution is -0.149. The first-order valence-electron chi connectivity index (χ1n) is 5.61. The van der Waals surface area contributed by atoms with Crippen LogP contribution >= 0.6 is 0 Å². The van der Waals surface area contributed by atoms with Crippen molar-refractivity contribution in [3.8, 4) is 0 Å². The zero-order valence-electron chi connectivity index (χ0n) is 10.5. The van der Waals surface area contributed by atoms with E-state index in [9.17, 15) is 9.59 Å². The third-order valence-electron chi connectivity index (χ3n) is 3.07. The molecule has 0 aromatic carbocycles. The highest BCUT2D eigenvalue weighted by Gasteiger charge is 2.47. The number of hydrogen-bond acceptors (Lipinski definition) is 4. The van der Waals surface area contributed by atoms with E-state index >= 15 is 0 Å². The Morgan fingerprint density at radius 1 is 1.53 bits per heavy atom. The van der Waals surface area contributed by atoms with E-state index in [0.29, 0.717) is 13.0 Å². The van der Waals surface area contributed by atoms with Crippen LogP contribution in [0.4, 0.5) is 0 Å². The first-order chi connectivity index (χ1) is 7.86. The van der Waals surface area contributed by atoms with E-state index in [0.717, 1.165) is 0 Å². The number of hydrogen-bond donors (Lipinski definition) is 2. The maximum atomic E-state index is 11.6. The number of carbonyl (C=O) groups excluding carboxylic acids is 1. The molecule has 0 bridgehead atoms. The monoisotopic (exact) mass is 244 g/mol. The van der Waals surface area contributed by atoms with Gasteiger partial charge >= 0.3 is 5.97 Å². The third kappa shape index (κ3) is 3.41. The number of carbonyl (C=O) groups is 2. The van der Waals surface area contributed by atoms with E-state index in [2.05, 4.69) is 5.32 Å². The molecule has 0 aliphatic carbocycles. The summed E-state index contributed by atoms with van der Waals surface area (Å²) in [5.74, 6) is -1.07. The summed E-state index contributed by atoms with van der Waals surface area (Å²) in [4.78, 5) is 24.7. The normalized spacial score (nSPS) is 28.4. The number of nitrogens with zero attached hydrogens (tertiary/aromatic N) is 1. The molecule has 1 rings (SSSR count). The largest absolute Gasteiger partial charge is 0.481 e. The number of amides is 1. The molecule has 1 heterocycles. The highest BCUT2D eigenvalue weighted by molar-refractivity contribution is 5.80. The second-order valence-corrected chi connectivity index (χ2v) is 4.91. The smallest absolute Gasteiger partial charge is 0.313 e. The molecule has 1 aliphatic rings. The zero-order valence-corrected chi connectivity index (χ0v) is 10.5. The summed E-state index contributed by atoms with van der Waals surface area (Å²) in [6, 6.07) is -0.449. The minimum absolute atomic E-state index is 0.137. The number of ether oxygens (including phenoxy) is 1. The fourth-order valence-electron chi connectivity index (χ4n) is 1.68. The standard InChI is InChI=1S/C11H20N2O4/c1-11(10(15)16)7-17-6-8(11)12-9(14)4-5-13(2)3/h8H,4-7H2,1-3H3,(H,12,14)(H,15,16). The van der Waals surface area contributed by atoms with Crippen LogP contribution in [0.1, 0.15) is 13.3 Å². The topological polar surface area (TPSA) is 78.9 Å². The molecule has 98 valence electrons. The molecule has 6 nitrogen and oxygen atoms in total. The second-order valence-electron chi connectivity index (χ2n) is 4.91. The van der Waals surface area contributed by atoms with Gasteiger partial charge in [0.15, 0.2) is 0 Å². The second kappa shape index (κ2) is 5.46. The van der Waals surface area contributed by atoms with Crippen molar-refractivity contribution in [1.82, 2.24) is 10.2 Å². The van der Waals surface area contributed by atoms with Crippen molar-refractivity contribution in [3.05, 3.63) is 0 Å². The van der Waals surface area contributed by atoms with E-state index < -0.39 is 17.4 Å². The molecular weight excluding hydrogens is 224 g/mol. The predicted octanol–water partition coefficient (Wildman–Crippen LogP) is -0.456. The van der Waals surface area contributed by atoms with Crippen LogP contribution in [0.3, 0.4) is 0 Å². The molecule has 0 saturated carbocycles. The van der Waals surface area contributed by atoms with Gasteiger partial charge in [0, 0.05) is 13.0 Å². The molecular formula is C11H20N2O4. The van der Waals surface area contributed by atoms with Crippen molar-refractivity contribution in [3.63, 3.8) is 0 Å². The predicted molar refractivity (Wildman–Crippen MR) is 61.7 cm³/mol. The molecule has 0 aromatic rings. The molecule has 1 fully saturated rings. The van der Waals surface area contributed by atoms with Crippen molar-refractivity contribution in [2.75, 3.05) is 33.9 Å². The van der Waals surface area contributed by atoms with Gasteiger partial charge < -0.3 is 20.1 Å². The molecule has 6 heteroatoms. The van der Waals surface area contributed by atoms with Crippen LogP contribution in [0.25, 0.3) is 0 Å². The molecule has 0 aromatic heterocycles. The fraction of sp³-hybridized carbons (Fsp3) is 0.818. The van der Waals surface area contributed by atoms with E-state index in [-0.39, 0.29) is 19.1 Å². The lowest BCUT2D eigenvalue weighted by Gasteiger charge is -2.25. The van der Waals surface area contributed by atoms with Crippen molar-refractivity contribution in [2.45, 2.75) is 19.4 Å². The molecule has 2 unspecified atom stereocenters.